The van der Waals surface area contributed by atoms with Crippen molar-refractivity contribution in [1.29, 1.82) is 0 Å². The number of H-pyrrole nitrogens is 1. The molecule has 198 valence electrons. The van der Waals surface area contributed by atoms with Crippen LogP contribution in [-0.4, -0.2) is 31.7 Å². The fourth-order valence-electron chi connectivity index (χ4n) is 4.15. The SMILES string of the molecule is C=C(N=O)c1cccc(OCC2CCN(c3ccc(NC(=O)c4ccc(OC(C)(F)F)cc4)c[nH+]3)CC2)c1. The number of aromatic nitrogens is 1. The number of halogens is 2. The van der Waals surface area contributed by atoms with Gasteiger partial charge in [0, 0.05) is 30.0 Å². The zero-order valence-electron chi connectivity index (χ0n) is 21.0. The van der Waals surface area contributed by atoms with Gasteiger partial charge in [-0.2, -0.15) is 8.78 Å². The Hall–Kier alpha value is -4.34. The smallest absolute Gasteiger partial charge is 0.394 e. The molecule has 4 rings (SSSR count). The van der Waals surface area contributed by atoms with Gasteiger partial charge in [-0.15, -0.1) is 4.91 Å². The number of carbonyl (C=O) groups is 1. The van der Waals surface area contributed by atoms with Crippen molar-refractivity contribution in [3.05, 3.63) is 89.5 Å². The van der Waals surface area contributed by atoms with Crippen LogP contribution in [0.25, 0.3) is 5.70 Å². The Morgan fingerprint density at radius 3 is 2.47 bits per heavy atom. The van der Waals surface area contributed by atoms with Crippen LogP contribution in [0.4, 0.5) is 20.3 Å². The van der Waals surface area contributed by atoms with Crippen LogP contribution < -0.4 is 24.7 Å². The minimum absolute atomic E-state index is 0.0188. The number of ether oxygens (including phenoxy) is 2. The van der Waals surface area contributed by atoms with E-state index in [0.29, 0.717) is 42.0 Å². The lowest BCUT2D eigenvalue weighted by molar-refractivity contribution is -0.363. The summed E-state index contributed by atoms with van der Waals surface area (Å²) in [6.45, 7) is 6.57. The number of nitrogens with one attached hydrogen (secondary N) is 2. The maximum Gasteiger partial charge on any atom is 0.394 e. The number of alkyl halides is 2. The number of piperidine rings is 1. The fourth-order valence-corrected chi connectivity index (χ4v) is 4.15. The van der Waals surface area contributed by atoms with Crippen LogP contribution in [0.15, 0.2) is 78.6 Å². The van der Waals surface area contributed by atoms with E-state index in [0.717, 1.165) is 31.7 Å². The molecule has 0 saturated carbocycles. The van der Waals surface area contributed by atoms with Crippen molar-refractivity contribution in [2.24, 2.45) is 11.1 Å². The molecule has 0 spiro atoms. The van der Waals surface area contributed by atoms with Crippen LogP contribution in [0.1, 0.15) is 35.7 Å². The third-order valence-corrected chi connectivity index (χ3v) is 6.19. The standard InChI is InChI=1S/C28H28F2N4O4/c1-19(33-36)22-4-3-5-25(16-22)37-18-20-12-14-34(15-13-20)26-11-8-23(17-31-26)32-27(35)21-6-9-24(10-7-21)38-28(2,29)30/h3-11,16-17,20H,1,12-15,18H2,2H3,(H,32,35)/p+1. The van der Waals surface area contributed by atoms with Gasteiger partial charge in [0.1, 0.15) is 23.4 Å². The maximum atomic E-state index is 13.0. The summed E-state index contributed by atoms with van der Waals surface area (Å²) >= 11 is 0. The Bertz CT molecular complexity index is 1270. The van der Waals surface area contributed by atoms with E-state index < -0.39 is 6.11 Å². The van der Waals surface area contributed by atoms with Crippen molar-refractivity contribution in [3.63, 3.8) is 0 Å². The first-order chi connectivity index (χ1) is 18.2. The molecule has 10 heteroatoms. The summed E-state index contributed by atoms with van der Waals surface area (Å²) in [7, 11) is 0. The number of pyridine rings is 1. The molecule has 8 nitrogen and oxygen atoms in total. The first-order valence-electron chi connectivity index (χ1n) is 12.2. The summed E-state index contributed by atoms with van der Waals surface area (Å²) < 4.78 is 36.3. The van der Waals surface area contributed by atoms with E-state index in [2.05, 4.69) is 31.7 Å². The predicted molar refractivity (Wildman–Crippen MR) is 140 cm³/mol. The van der Waals surface area contributed by atoms with Crippen molar-refractivity contribution in [1.82, 2.24) is 0 Å². The van der Waals surface area contributed by atoms with Gasteiger partial charge in [-0.1, -0.05) is 18.7 Å². The highest BCUT2D eigenvalue weighted by Gasteiger charge is 2.26. The average Bonchev–Trinajstić information content (AvgIpc) is 2.92. The van der Waals surface area contributed by atoms with E-state index in [9.17, 15) is 18.5 Å². The van der Waals surface area contributed by atoms with Gasteiger partial charge in [0.2, 0.25) is 0 Å². The number of nitroso groups, excluding NO2 is 1. The van der Waals surface area contributed by atoms with Gasteiger partial charge < -0.3 is 14.8 Å². The second kappa shape index (κ2) is 11.8. The van der Waals surface area contributed by atoms with Crippen LogP contribution in [-0.2, 0) is 0 Å². The van der Waals surface area contributed by atoms with Crippen molar-refractivity contribution in [3.8, 4) is 11.5 Å². The van der Waals surface area contributed by atoms with Crippen LogP contribution in [0.5, 0.6) is 11.5 Å². The number of carbonyl (C=O) groups excluding carboxylic acids is 1. The molecule has 1 saturated heterocycles. The molecule has 3 aromatic rings. The van der Waals surface area contributed by atoms with Gasteiger partial charge in [0.05, 0.1) is 25.4 Å². The first-order valence-corrected chi connectivity index (χ1v) is 12.2. The van der Waals surface area contributed by atoms with Gasteiger partial charge in [-0.05, 0) is 60.5 Å². The van der Waals surface area contributed by atoms with E-state index >= 15 is 0 Å². The molecule has 1 amide bonds. The number of rotatable bonds is 10. The highest BCUT2D eigenvalue weighted by Crippen LogP contribution is 2.25. The molecule has 2 N–H and O–H groups in total. The van der Waals surface area contributed by atoms with E-state index in [1.165, 1.54) is 24.3 Å². The van der Waals surface area contributed by atoms with Crippen LogP contribution in [0.3, 0.4) is 0 Å². The number of benzene rings is 2. The van der Waals surface area contributed by atoms with E-state index in [-0.39, 0.29) is 17.4 Å². The average molecular weight is 524 g/mol. The van der Waals surface area contributed by atoms with Gasteiger partial charge in [-0.25, -0.2) is 4.98 Å². The van der Waals surface area contributed by atoms with Gasteiger partial charge in [0.25, 0.3) is 11.7 Å². The highest BCUT2D eigenvalue weighted by atomic mass is 19.3. The Morgan fingerprint density at radius 2 is 1.84 bits per heavy atom. The third-order valence-electron chi connectivity index (χ3n) is 6.19. The Labute approximate surface area is 219 Å². The van der Waals surface area contributed by atoms with Crippen molar-refractivity contribution >= 4 is 23.1 Å². The number of hydrogen-bond donors (Lipinski definition) is 1. The van der Waals surface area contributed by atoms with Crippen molar-refractivity contribution < 1.29 is 28.0 Å². The number of amides is 1. The van der Waals surface area contributed by atoms with Crippen LogP contribution in [0.2, 0.25) is 0 Å². The molecule has 1 aliphatic rings. The molecule has 0 atom stereocenters. The Kier molecular flexibility index (Phi) is 8.30. The largest absolute Gasteiger partial charge is 0.493 e. The predicted octanol–water partition coefficient (Wildman–Crippen LogP) is 5.78. The quantitative estimate of drug-likeness (QED) is 0.340. The summed E-state index contributed by atoms with van der Waals surface area (Å²) in [5.74, 6) is 1.65. The molecule has 2 aromatic carbocycles. The van der Waals surface area contributed by atoms with Gasteiger partial charge in [-0.3, -0.25) is 9.69 Å². The molecule has 2 heterocycles. The normalized spacial score (nSPS) is 14.0. The van der Waals surface area contributed by atoms with Gasteiger partial charge >= 0.3 is 6.11 Å². The van der Waals surface area contributed by atoms with E-state index in [4.69, 9.17) is 4.74 Å². The maximum absolute atomic E-state index is 13.0. The topological polar surface area (TPSA) is 94.4 Å². The minimum Gasteiger partial charge on any atom is -0.493 e. The van der Waals surface area contributed by atoms with Crippen molar-refractivity contribution in [2.75, 3.05) is 29.9 Å². The molecular weight excluding hydrogens is 494 g/mol. The first kappa shape index (κ1) is 26.7. The molecule has 1 aliphatic heterocycles. The number of anilines is 2. The highest BCUT2D eigenvalue weighted by molar-refractivity contribution is 6.04. The third kappa shape index (κ3) is 7.34. The molecule has 1 aromatic heterocycles. The van der Waals surface area contributed by atoms with Crippen LogP contribution >= 0.6 is 0 Å². The van der Waals surface area contributed by atoms with Crippen LogP contribution in [0, 0.1) is 10.8 Å². The number of aromatic amines is 1. The molecule has 0 aliphatic carbocycles. The Balaban J connectivity index is 1.24. The lowest BCUT2D eigenvalue weighted by atomic mass is 9.98. The molecule has 38 heavy (non-hydrogen) atoms. The Morgan fingerprint density at radius 1 is 1.11 bits per heavy atom. The molecule has 0 bridgehead atoms. The fraction of sp³-hybridized carbons (Fsp3) is 0.286. The molecular formula is C28H29F2N4O4+. The molecule has 0 unspecified atom stereocenters. The van der Waals surface area contributed by atoms with E-state index in [1.54, 1.807) is 18.3 Å². The molecule has 1 fully saturated rings. The zero-order chi connectivity index (χ0) is 27.1. The lowest BCUT2D eigenvalue weighted by Gasteiger charge is -2.27. The number of nitrogens with zero attached hydrogens (tertiary/aromatic N) is 2. The second-order valence-electron chi connectivity index (χ2n) is 9.16. The summed E-state index contributed by atoms with van der Waals surface area (Å²) in [5, 5.41) is 5.67. The number of hydrogen-bond acceptors (Lipinski definition) is 6. The summed E-state index contributed by atoms with van der Waals surface area (Å²) in [6.07, 6.45) is 0.340. The van der Waals surface area contributed by atoms with Crippen molar-refractivity contribution in [2.45, 2.75) is 25.9 Å². The second-order valence-corrected chi connectivity index (χ2v) is 9.16. The molecule has 0 radical (unpaired) electrons. The van der Waals surface area contributed by atoms with E-state index in [1.807, 2.05) is 24.3 Å². The monoisotopic (exact) mass is 523 g/mol. The zero-order valence-corrected chi connectivity index (χ0v) is 21.0. The van der Waals surface area contributed by atoms with Gasteiger partial charge in [0.15, 0.2) is 0 Å². The summed E-state index contributed by atoms with van der Waals surface area (Å²) in [6, 6.07) is 16.4. The summed E-state index contributed by atoms with van der Waals surface area (Å²) in [5.41, 5.74) is 1.73. The lowest BCUT2D eigenvalue weighted by Crippen LogP contribution is -2.38. The minimum atomic E-state index is -3.29. The summed E-state index contributed by atoms with van der Waals surface area (Å²) in [4.78, 5) is 28.7.